The van der Waals surface area contributed by atoms with Crippen LogP contribution in [0.1, 0.15) is 74.1 Å². The van der Waals surface area contributed by atoms with Gasteiger partial charge in [0.2, 0.25) is 0 Å². The molecule has 8 heteroatoms. The highest BCUT2D eigenvalue weighted by molar-refractivity contribution is 6.45. The van der Waals surface area contributed by atoms with E-state index in [2.05, 4.69) is 0 Å². The number of carbonyl (C=O) groups excluding carboxylic acids is 2. The zero-order valence-corrected chi connectivity index (χ0v) is 20.8. The molecule has 0 bridgehead atoms. The number of aromatic hydroxyl groups is 2. The molecule has 1 fully saturated rings. The maximum atomic E-state index is 13.9. The number of alkyl halides is 2. The summed E-state index contributed by atoms with van der Waals surface area (Å²) in [5.41, 5.74) is -1.23. The summed E-state index contributed by atoms with van der Waals surface area (Å²) in [7, 11) is 0. The van der Waals surface area contributed by atoms with Crippen molar-refractivity contribution in [3.05, 3.63) is 46.6 Å². The first-order valence-corrected chi connectivity index (χ1v) is 11.7. The highest BCUT2D eigenvalue weighted by atomic mass is 35.5. The van der Waals surface area contributed by atoms with Crippen LogP contribution in [0.15, 0.2) is 35.4 Å². The van der Waals surface area contributed by atoms with Crippen LogP contribution < -0.4 is 0 Å². The molecule has 1 aliphatic heterocycles. The van der Waals surface area contributed by atoms with Crippen LogP contribution in [0, 0.1) is 0 Å². The monoisotopic (exact) mass is 496 g/mol. The van der Waals surface area contributed by atoms with E-state index in [0.717, 1.165) is 23.3 Å². The van der Waals surface area contributed by atoms with Gasteiger partial charge in [0.15, 0.2) is 17.2 Å². The van der Waals surface area contributed by atoms with Crippen LogP contribution in [0.5, 0.6) is 11.5 Å². The second kappa shape index (κ2) is 9.06. The molecule has 1 aromatic rings. The van der Waals surface area contributed by atoms with Gasteiger partial charge in [0.05, 0.1) is 23.1 Å². The second-order valence-corrected chi connectivity index (χ2v) is 10.7. The molecule has 1 aromatic carbocycles. The van der Waals surface area contributed by atoms with Crippen molar-refractivity contribution in [2.24, 2.45) is 0 Å². The van der Waals surface area contributed by atoms with Gasteiger partial charge in [-0.3, -0.25) is 9.59 Å². The minimum Gasteiger partial charge on any atom is -0.508 e. The van der Waals surface area contributed by atoms with Gasteiger partial charge in [-0.15, -0.1) is 23.2 Å². The quantitative estimate of drug-likeness (QED) is 0.375. The van der Waals surface area contributed by atoms with Crippen LogP contribution in [-0.2, 0) is 4.74 Å². The SMILES string of the molecule is C/C(=C/C[C@@]12OC(C)(C)[C@H](Cl)C[C@]1(Cl)C(=O)c1c(O)cc(O)cc1C2=O)CC/C=C(\C)CO. The topological polar surface area (TPSA) is 104 Å². The number of hydrogen-bond donors (Lipinski definition) is 3. The molecule has 0 saturated carbocycles. The van der Waals surface area contributed by atoms with Crippen LogP contribution >= 0.6 is 23.2 Å². The molecule has 0 spiro atoms. The first kappa shape index (κ1) is 25.8. The van der Waals surface area contributed by atoms with E-state index in [1.807, 2.05) is 26.0 Å². The molecule has 1 aliphatic carbocycles. The Labute approximate surface area is 203 Å². The number of aliphatic hydroxyl groups excluding tert-OH is 1. The Kier molecular flexibility index (Phi) is 7.07. The Morgan fingerprint density at radius 3 is 2.45 bits per heavy atom. The molecule has 3 atom stereocenters. The zero-order valence-electron chi connectivity index (χ0n) is 19.2. The van der Waals surface area contributed by atoms with E-state index < -0.39 is 38.8 Å². The number of allylic oxidation sites excluding steroid dienone is 2. The smallest absolute Gasteiger partial charge is 0.198 e. The van der Waals surface area contributed by atoms with Crippen molar-refractivity contribution in [3.63, 3.8) is 0 Å². The van der Waals surface area contributed by atoms with E-state index in [1.165, 1.54) is 0 Å². The third-order valence-electron chi connectivity index (χ3n) is 6.61. The van der Waals surface area contributed by atoms with E-state index in [0.29, 0.717) is 12.8 Å². The van der Waals surface area contributed by atoms with E-state index >= 15 is 0 Å². The van der Waals surface area contributed by atoms with E-state index in [1.54, 1.807) is 13.8 Å². The number of halogens is 2. The highest BCUT2D eigenvalue weighted by Gasteiger charge is 2.70. The molecule has 3 rings (SSSR count). The fourth-order valence-corrected chi connectivity index (χ4v) is 5.33. The van der Waals surface area contributed by atoms with Crippen molar-refractivity contribution >= 4 is 34.8 Å². The van der Waals surface area contributed by atoms with Gasteiger partial charge >= 0.3 is 0 Å². The number of aliphatic hydroxyl groups is 1. The van der Waals surface area contributed by atoms with Gasteiger partial charge in [0.25, 0.3) is 0 Å². The Morgan fingerprint density at radius 1 is 1.15 bits per heavy atom. The number of phenols is 2. The molecule has 2 aliphatic rings. The van der Waals surface area contributed by atoms with Crippen molar-refractivity contribution in [2.75, 3.05) is 6.61 Å². The second-order valence-electron chi connectivity index (χ2n) is 9.55. The van der Waals surface area contributed by atoms with Crippen LogP contribution in [0.25, 0.3) is 0 Å². The van der Waals surface area contributed by atoms with Crippen LogP contribution in [0.2, 0.25) is 0 Å². The predicted molar refractivity (Wildman–Crippen MR) is 128 cm³/mol. The number of Topliss-reactive ketones (excluding diaryl/α,β-unsaturated/α-hetero) is 2. The van der Waals surface area contributed by atoms with Crippen LogP contribution in [0.4, 0.5) is 0 Å². The summed E-state index contributed by atoms with van der Waals surface area (Å²) in [6.07, 6.45) is 5.17. The highest BCUT2D eigenvalue weighted by Crippen LogP contribution is 2.56. The lowest BCUT2D eigenvalue weighted by atomic mass is 9.63. The molecule has 0 radical (unpaired) electrons. The van der Waals surface area contributed by atoms with Crippen LogP contribution in [-0.4, -0.2) is 54.9 Å². The lowest BCUT2D eigenvalue weighted by Gasteiger charge is -2.56. The van der Waals surface area contributed by atoms with E-state index in [9.17, 15) is 19.8 Å². The summed E-state index contributed by atoms with van der Waals surface area (Å²) < 4.78 is 6.32. The average Bonchev–Trinajstić information content (AvgIpc) is 2.73. The normalized spacial score (nSPS) is 29.6. The molecule has 6 nitrogen and oxygen atoms in total. The van der Waals surface area contributed by atoms with E-state index in [4.69, 9.17) is 33.0 Å². The lowest BCUT2D eigenvalue weighted by molar-refractivity contribution is -0.157. The van der Waals surface area contributed by atoms with Gasteiger partial charge in [-0.25, -0.2) is 0 Å². The average molecular weight is 497 g/mol. The summed E-state index contributed by atoms with van der Waals surface area (Å²) in [6.45, 7) is 7.24. The van der Waals surface area contributed by atoms with Crippen molar-refractivity contribution in [3.8, 4) is 11.5 Å². The summed E-state index contributed by atoms with van der Waals surface area (Å²) in [5.74, 6) is -2.07. The number of benzene rings is 1. The molecular weight excluding hydrogens is 467 g/mol. The number of ketones is 2. The molecule has 3 N–H and O–H groups in total. The summed E-state index contributed by atoms with van der Waals surface area (Å²) in [4.78, 5) is 25.7. The molecule has 0 amide bonds. The number of rotatable bonds is 6. The fourth-order valence-electron chi connectivity index (χ4n) is 4.53. The Bertz CT molecular complexity index is 1040. The van der Waals surface area contributed by atoms with Crippen molar-refractivity contribution in [1.82, 2.24) is 0 Å². The molecule has 0 unspecified atom stereocenters. The van der Waals surface area contributed by atoms with Crippen molar-refractivity contribution in [1.29, 1.82) is 0 Å². The molecule has 1 saturated heterocycles. The maximum absolute atomic E-state index is 13.9. The Balaban J connectivity index is 2.10. The molecule has 33 heavy (non-hydrogen) atoms. The van der Waals surface area contributed by atoms with Gasteiger partial charge < -0.3 is 20.1 Å². The third-order valence-corrected chi connectivity index (χ3v) is 7.92. The molecule has 180 valence electrons. The minimum atomic E-state index is -1.82. The standard InChI is InChI=1S/C25H30Cl2O6/c1-14(6-5-7-15(2)13-28)8-9-25-21(31)17-10-16(29)11-18(30)20(17)22(32)24(25,27)12-19(26)23(3,4)33-25/h7-8,10-11,19,28-30H,5-6,9,12-13H2,1-4H3/b14-8-,15-7+/t19-,24+,25+/m1/s1. The number of phenolic OH excluding ortho intramolecular Hbond substituents is 2. The Hall–Kier alpha value is -1.86. The summed E-state index contributed by atoms with van der Waals surface area (Å²) in [6, 6.07) is 2.17. The number of fused-ring (bicyclic) bond motifs is 2. The minimum absolute atomic E-state index is 0.00112. The van der Waals surface area contributed by atoms with Crippen molar-refractivity contribution in [2.45, 2.75) is 74.8 Å². The molecule has 1 heterocycles. The Morgan fingerprint density at radius 2 is 1.82 bits per heavy atom. The van der Waals surface area contributed by atoms with Gasteiger partial charge in [-0.2, -0.15) is 0 Å². The fraction of sp³-hybridized carbons (Fsp3) is 0.520. The van der Waals surface area contributed by atoms with Crippen molar-refractivity contribution < 1.29 is 29.6 Å². The first-order chi connectivity index (χ1) is 15.3. The number of carbonyl (C=O) groups is 2. The van der Waals surface area contributed by atoms with Gasteiger partial charge in [-0.05, 0) is 53.0 Å². The van der Waals surface area contributed by atoms with Gasteiger partial charge in [-0.1, -0.05) is 23.3 Å². The largest absolute Gasteiger partial charge is 0.508 e. The third kappa shape index (κ3) is 4.34. The van der Waals surface area contributed by atoms with Gasteiger partial charge in [0.1, 0.15) is 16.4 Å². The van der Waals surface area contributed by atoms with Crippen LogP contribution in [0.3, 0.4) is 0 Å². The maximum Gasteiger partial charge on any atom is 0.198 e. The molecule has 0 aromatic heterocycles. The summed E-state index contributed by atoms with van der Waals surface area (Å²) >= 11 is 13.5. The predicted octanol–water partition coefficient (Wildman–Crippen LogP) is 5.05. The summed E-state index contributed by atoms with van der Waals surface area (Å²) in [5, 5.41) is 28.8. The number of hydrogen-bond acceptors (Lipinski definition) is 6. The van der Waals surface area contributed by atoms with E-state index in [-0.39, 0.29) is 36.3 Å². The molecular formula is C25H30Cl2O6. The van der Waals surface area contributed by atoms with Gasteiger partial charge in [0, 0.05) is 18.1 Å². The zero-order chi connectivity index (χ0) is 24.8. The lowest BCUT2D eigenvalue weighted by Crippen LogP contribution is -2.72. The first-order valence-electron chi connectivity index (χ1n) is 10.9. The number of ether oxygens (including phenoxy) is 1.